The van der Waals surface area contributed by atoms with Crippen molar-refractivity contribution in [3.05, 3.63) is 17.8 Å². The van der Waals surface area contributed by atoms with Gasteiger partial charge in [-0.15, -0.1) is 0 Å². The Morgan fingerprint density at radius 2 is 2.35 bits per heavy atom. The fourth-order valence-corrected chi connectivity index (χ4v) is 2.32. The van der Waals surface area contributed by atoms with Gasteiger partial charge in [0.05, 0.1) is 25.9 Å². The topological polar surface area (TPSA) is 96.0 Å². The molecule has 1 saturated heterocycles. The monoisotopic (exact) mass is 284 g/mol. The number of methoxy groups -OCH3 is 1. The lowest BCUT2D eigenvalue weighted by Crippen LogP contribution is -2.34. The quantitative estimate of drug-likeness (QED) is 0.761. The van der Waals surface area contributed by atoms with E-state index in [0.717, 1.165) is 13.0 Å². The van der Waals surface area contributed by atoms with Crippen molar-refractivity contribution in [2.45, 2.75) is 31.4 Å². The largest absolute Gasteiger partial charge is 0.464 e. The molecule has 112 valence electrons. The molecule has 1 aliphatic rings. The van der Waals surface area contributed by atoms with Crippen molar-refractivity contribution < 1.29 is 24.2 Å². The first-order valence-corrected chi connectivity index (χ1v) is 6.64. The molecule has 0 bridgehead atoms. The molecule has 0 aromatic carbocycles. The van der Waals surface area contributed by atoms with Gasteiger partial charge >= 0.3 is 5.97 Å². The van der Waals surface area contributed by atoms with E-state index in [0.29, 0.717) is 31.8 Å². The molecule has 0 radical (unpaired) electrons. The predicted molar refractivity (Wildman–Crippen MR) is 69.0 cm³/mol. The highest BCUT2D eigenvalue weighted by Crippen LogP contribution is 2.22. The van der Waals surface area contributed by atoms with Crippen LogP contribution in [0.3, 0.4) is 0 Å². The minimum absolute atomic E-state index is 0.157. The molecule has 2 rings (SSSR count). The Hall–Kier alpha value is -1.44. The second kappa shape index (κ2) is 6.34. The van der Waals surface area contributed by atoms with Gasteiger partial charge in [0.15, 0.2) is 5.69 Å². The standard InChI is InChI=1S/C13H20N2O5/c1-19-12(17)10-8-20-11(14-10)7-15-5-2-3-13(18,9-16)4-6-15/h8,16,18H,2-7,9H2,1H3/t13-/m1/s1. The maximum absolute atomic E-state index is 11.3. The number of carbonyl (C=O) groups is 1. The number of nitrogens with zero attached hydrogens (tertiary/aromatic N) is 2. The molecule has 1 atom stereocenters. The normalized spacial score (nSPS) is 24.4. The van der Waals surface area contributed by atoms with Gasteiger partial charge in [-0.2, -0.15) is 0 Å². The summed E-state index contributed by atoms with van der Waals surface area (Å²) in [6.45, 7) is 1.69. The second-order valence-electron chi connectivity index (χ2n) is 5.13. The Morgan fingerprint density at radius 3 is 3.05 bits per heavy atom. The average molecular weight is 284 g/mol. The van der Waals surface area contributed by atoms with E-state index in [1.165, 1.54) is 13.4 Å². The molecule has 2 heterocycles. The fraction of sp³-hybridized carbons (Fsp3) is 0.692. The number of aromatic nitrogens is 1. The summed E-state index contributed by atoms with van der Waals surface area (Å²) in [7, 11) is 1.29. The van der Waals surface area contributed by atoms with Gasteiger partial charge in [0.2, 0.25) is 5.89 Å². The maximum atomic E-state index is 11.3. The molecule has 1 aliphatic heterocycles. The number of ether oxygens (including phenoxy) is 1. The van der Waals surface area contributed by atoms with Gasteiger partial charge in [-0.25, -0.2) is 9.78 Å². The predicted octanol–water partition coefficient (Wildman–Crippen LogP) is 0.170. The summed E-state index contributed by atoms with van der Waals surface area (Å²) in [5.74, 6) is -0.0784. The zero-order valence-electron chi connectivity index (χ0n) is 11.5. The highest BCUT2D eigenvalue weighted by molar-refractivity contribution is 5.86. The summed E-state index contributed by atoms with van der Waals surface area (Å²) in [6.07, 6.45) is 3.16. The van der Waals surface area contributed by atoms with Crippen LogP contribution in [0.25, 0.3) is 0 Å². The third-order valence-corrected chi connectivity index (χ3v) is 3.61. The third-order valence-electron chi connectivity index (χ3n) is 3.61. The number of aliphatic hydroxyl groups is 2. The van der Waals surface area contributed by atoms with E-state index in [-0.39, 0.29) is 12.3 Å². The van der Waals surface area contributed by atoms with Crippen LogP contribution in [0, 0.1) is 0 Å². The smallest absolute Gasteiger partial charge is 0.360 e. The van der Waals surface area contributed by atoms with E-state index >= 15 is 0 Å². The molecule has 0 unspecified atom stereocenters. The number of hydrogen-bond donors (Lipinski definition) is 2. The van der Waals surface area contributed by atoms with Gasteiger partial charge in [-0.3, -0.25) is 4.90 Å². The Bertz CT molecular complexity index is 461. The minimum atomic E-state index is -0.984. The van der Waals surface area contributed by atoms with E-state index in [2.05, 4.69) is 14.6 Å². The van der Waals surface area contributed by atoms with E-state index in [1.54, 1.807) is 0 Å². The second-order valence-corrected chi connectivity index (χ2v) is 5.13. The number of likely N-dealkylation sites (tertiary alicyclic amines) is 1. The number of carbonyl (C=O) groups excluding carboxylic acids is 1. The van der Waals surface area contributed by atoms with Crippen molar-refractivity contribution >= 4 is 5.97 Å². The van der Waals surface area contributed by atoms with Crippen LogP contribution in [-0.2, 0) is 11.3 Å². The van der Waals surface area contributed by atoms with Crippen LogP contribution < -0.4 is 0 Å². The van der Waals surface area contributed by atoms with E-state index in [9.17, 15) is 15.0 Å². The summed E-state index contributed by atoms with van der Waals surface area (Å²) >= 11 is 0. The SMILES string of the molecule is COC(=O)c1coc(CN2CCC[C@](O)(CO)CC2)n1. The van der Waals surface area contributed by atoms with Crippen LogP contribution in [0.4, 0.5) is 0 Å². The van der Waals surface area contributed by atoms with Crippen LogP contribution in [0.1, 0.15) is 35.6 Å². The number of esters is 1. The van der Waals surface area contributed by atoms with Gasteiger partial charge in [-0.1, -0.05) is 0 Å². The number of oxazole rings is 1. The molecular weight excluding hydrogens is 264 g/mol. The molecule has 7 nitrogen and oxygen atoms in total. The molecule has 0 spiro atoms. The fourth-order valence-electron chi connectivity index (χ4n) is 2.32. The average Bonchev–Trinajstić information content (AvgIpc) is 2.84. The molecule has 0 saturated carbocycles. The summed E-state index contributed by atoms with van der Waals surface area (Å²) in [4.78, 5) is 17.4. The summed E-state index contributed by atoms with van der Waals surface area (Å²) in [5.41, 5.74) is -0.827. The summed E-state index contributed by atoms with van der Waals surface area (Å²) < 4.78 is 9.81. The Balaban J connectivity index is 1.93. The van der Waals surface area contributed by atoms with Gasteiger partial charge in [0, 0.05) is 6.54 Å². The van der Waals surface area contributed by atoms with E-state index < -0.39 is 11.6 Å². The van der Waals surface area contributed by atoms with Crippen molar-refractivity contribution in [1.29, 1.82) is 0 Å². The van der Waals surface area contributed by atoms with Crippen LogP contribution in [-0.4, -0.2) is 58.5 Å². The Kier molecular flexibility index (Phi) is 4.74. The molecular formula is C13H20N2O5. The Labute approximate surface area is 117 Å². The maximum Gasteiger partial charge on any atom is 0.360 e. The van der Waals surface area contributed by atoms with Crippen molar-refractivity contribution in [3.8, 4) is 0 Å². The van der Waals surface area contributed by atoms with E-state index in [1.807, 2.05) is 0 Å². The van der Waals surface area contributed by atoms with Gasteiger partial charge in [-0.05, 0) is 25.8 Å². The number of aliphatic hydroxyl groups excluding tert-OH is 1. The number of hydrogen-bond acceptors (Lipinski definition) is 7. The molecule has 0 aliphatic carbocycles. The molecule has 20 heavy (non-hydrogen) atoms. The molecule has 2 N–H and O–H groups in total. The van der Waals surface area contributed by atoms with Crippen LogP contribution in [0.15, 0.2) is 10.7 Å². The van der Waals surface area contributed by atoms with Gasteiger partial charge in [0.25, 0.3) is 0 Å². The molecule has 1 aromatic heterocycles. The summed E-state index contributed by atoms with van der Waals surface area (Å²) in [6, 6.07) is 0. The van der Waals surface area contributed by atoms with Crippen molar-refractivity contribution in [3.63, 3.8) is 0 Å². The lowest BCUT2D eigenvalue weighted by Gasteiger charge is -2.23. The molecule has 7 heteroatoms. The first-order valence-electron chi connectivity index (χ1n) is 6.64. The first kappa shape index (κ1) is 15.0. The highest BCUT2D eigenvalue weighted by Gasteiger charge is 2.29. The van der Waals surface area contributed by atoms with Crippen LogP contribution in [0.5, 0.6) is 0 Å². The minimum Gasteiger partial charge on any atom is -0.464 e. The zero-order chi connectivity index (χ0) is 14.6. The van der Waals surface area contributed by atoms with Gasteiger partial charge in [0.1, 0.15) is 6.26 Å². The van der Waals surface area contributed by atoms with Gasteiger partial charge < -0.3 is 19.4 Å². The third kappa shape index (κ3) is 3.56. The van der Waals surface area contributed by atoms with E-state index in [4.69, 9.17) is 4.42 Å². The van der Waals surface area contributed by atoms with Crippen LogP contribution >= 0.6 is 0 Å². The lowest BCUT2D eigenvalue weighted by molar-refractivity contribution is -0.0256. The summed E-state index contributed by atoms with van der Waals surface area (Å²) in [5, 5.41) is 19.3. The van der Waals surface area contributed by atoms with Crippen LogP contribution in [0.2, 0.25) is 0 Å². The lowest BCUT2D eigenvalue weighted by atomic mass is 9.96. The molecule has 1 fully saturated rings. The highest BCUT2D eigenvalue weighted by atomic mass is 16.5. The zero-order valence-corrected chi connectivity index (χ0v) is 11.5. The van der Waals surface area contributed by atoms with Crippen molar-refractivity contribution in [2.24, 2.45) is 0 Å². The number of rotatable bonds is 4. The Morgan fingerprint density at radius 1 is 1.55 bits per heavy atom. The molecule has 1 aromatic rings. The van der Waals surface area contributed by atoms with Crippen molar-refractivity contribution in [2.75, 3.05) is 26.8 Å². The first-order chi connectivity index (χ1) is 9.56. The molecule has 0 amide bonds. The van der Waals surface area contributed by atoms with Crippen molar-refractivity contribution in [1.82, 2.24) is 9.88 Å².